The number of aliphatic hydroxyl groups excluding tert-OH is 1. The predicted octanol–water partition coefficient (Wildman–Crippen LogP) is 0.395. The first-order valence-electron chi connectivity index (χ1n) is 3.28. The summed E-state index contributed by atoms with van der Waals surface area (Å²) in [6.07, 6.45) is 1.29. The van der Waals surface area contributed by atoms with Gasteiger partial charge in [0.25, 0.3) is 0 Å². The third kappa shape index (κ3) is 1.37. The van der Waals surface area contributed by atoms with E-state index in [9.17, 15) is 0 Å². The first kappa shape index (κ1) is 7.31. The normalized spacial score (nSPS) is 16.7. The molecule has 0 aromatic carbocycles. The Kier molecular flexibility index (Phi) is 2.09. The molecule has 0 bridgehead atoms. The number of aromatic amines is 1. The van der Waals surface area contributed by atoms with Crippen LogP contribution in [0.4, 0.5) is 0 Å². The Morgan fingerprint density at radius 1 is 1.70 bits per heavy atom. The molecule has 1 heterocycles. The van der Waals surface area contributed by atoms with Crippen molar-refractivity contribution < 1.29 is 5.11 Å². The Bertz CT molecular complexity index is 181. The Morgan fingerprint density at radius 3 is 2.80 bits per heavy atom. The Hall–Kier alpha value is -0.800. The van der Waals surface area contributed by atoms with Crippen molar-refractivity contribution in [3.8, 4) is 0 Å². The number of nitrogens with two attached hydrogens (primary N) is 1. The summed E-state index contributed by atoms with van der Waals surface area (Å²) in [7, 11) is 0. The molecule has 0 aliphatic carbocycles. The molecule has 3 heteroatoms. The van der Waals surface area contributed by atoms with Gasteiger partial charge < -0.3 is 15.8 Å². The van der Waals surface area contributed by atoms with Crippen LogP contribution < -0.4 is 5.73 Å². The number of H-pyrrole nitrogens is 1. The van der Waals surface area contributed by atoms with Crippen LogP contribution in [0.5, 0.6) is 0 Å². The number of aromatic nitrogens is 1. The lowest BCUT2D eigenvalue weighted by Crippen LogP contribution is -2.23. The van der Waals surface area contributed by atoms with Crippen molar-refractivity contribution in [3.63, 3.8) is 0 Å². The second kappa shape index (κ2) is 2.86. The highest BCUT2D eigenvalue weighted by atomic mass is 16.3. The summed E-state index contributed by atoms with van der Waals surface area (Å²) in [5.74, 6) is 0. The molecule has 2 unspecified atom stereocenters. The molecule has 0 aliphatic heterocycles. The van der Waals surface area contributed by atoms with Crippen LogP contribution in [0.15, 0.2) is 18.3 Å². The highest BCUT2D eigenvalue weighted by Crippen LogP contribution is 2.10. The number of hydrogen-bond donors (Lipinski definition) is 3. The van der Waals surface area contributed by atoms with E-state index >= 15 is 0 Å². The molecule has 0 radical (unpaired) electrons. The van der Waals surface area contributed by atoms with E-state index in [4.69, 9.17) is 10.8 Å². The van der Waals surface area contributed by atoms with Crippen LogP contribution in [0.2, 0.25) is 0 Å². The van der Waals surface area contributed by atoms with Crippen LogP contribution in [0.25, 0.3) is 0 Å². The van der Waals surface area contributed by atoms with Crippen LogP contribution in [-0.2, 0) is 0 Å². The molecule has 2 atom stereocenters. The van der Waals surface area contributed by atoms with Crippen molar-refractivity contribution >= 4 is 0 Å². The van der Waals surface area contributed by atoms with Gasteiger partial charge in [-0.15, -0.1) is 0 Å². The maximum atomic E-state index is 9.05. The van der Waals surface area contributed by atoms with Gasteiger partial charge in [-0.25, -0.2) is 0 Å². The van der Waals surface area contributed by atoms with Crippen molar-refractivity contribution in [2.45, 2.75) is 19.1 Å². The molecule has 56 valence electrons. The van der Waals surface area contributed by atoms with Crippen LogP contribution in [-0.4, -0.2) is 16.2 Å². The van der Waals surface area contributed by atoms with Crippen LogP contribution in [0, 0.1) is 0 Å². The molecule has 0 aliphatic rings. The van der Waals surface area contributed by atoms with E-state index in [0.29, 0.717) is 0 Å². The smallest absolute Gasteiger partial charge is 0.0719 e. The summed E-state index contributed by atoms with van der Waals surface area (Å²) >= 11 is 0. The molecule has 0 fully saturated rings. The predicted molar refractivity (Wildman–Crippen MR) is 39.4 cm³/mol. The van der Waals surface area contributed by atoms with Crippen LogP contribution >= 0.6 is 0 Å². The number of aliphatic hydroxyl groups is 1. The van der Waals surface area contributed by atoms with Crippen LogP contribution in [0.3, 0.4) is 0 Å². The highest BCUT2D eigenvalue weighted by Gasteiger charge is 2.11. The molecular weight excluding hydrogens is 128 g/mol. The van der Waals surface area contributed by atoms with Gasteiger partial charge in [0, 0.05) is 11.9 Å². The van der Waals surface area contributed by atoms with Gasteiger partial charge in [0.15, 0.2) is 0 Å². The summed E-state index contributed by atoms with van der Waals surface area (Å²) in [6, 6.07) is 3.42. The molecule has 4 N–H and O–H groups in total. The molecule has 10 heavy (non-hydrogen) atoms. The minimum Gasteiger partial charge on any atom is -0.391 e. The summed E-state index contributed by atoms with van der Waals surface area (Å²) in [5.41, 5.74) is 6.47. The molecular formula is C7H12N2O. The number of hydrogen-bond acceptors (Lipinski definition) is 2. The van der Waals surface area contributed by atoms with Gasteiger partial charge in [0.05, 0.1) is 12.1 Å². The molecule has 1 aromatic rings. The summed E-state index contributed by atoms with van der Waals surface area (Å²) in [6.45, 7) is 1.67. The van der Waals surface area contributed by atoms with Crippen molar-refractivity contribution in [1.29, 1.82) is 0 Å². The average molecular weight is 140 g/mol. The van der Waals surface area contributed by atoms with E-state index in [1.165, 1.54) is 0 Å². The third-order valence-corrected chi connectivity index (χ3v) is 1.50. The second-order valence-corrected chi connectivity index (χ2v) is 2.39. The first-order chi connectivity index (χ1) is 4.72. The molecule has 3 nitrogen and oxygen atoms in total. The van der Waals surface area contributed by atoms with E-state index in [1.807, 2.05) is 12.1 Å². The van der Waals surface area contributed by atoms with Crippen LogP contribution in [0.1, 0.15) is 18.7 Å². The third-order valence-electron chi connectivity index (χ3n) is 1.50. The zero-order valence-electron chi connectivity index (χ0n) is 5.91. The molecule has 0 spiro atoms. The topological polar surface area (TPSA) is 62.0 Å². The maximum absolute atomic E-state index is 9.05. The van der Waals surface area contributed by atoms with Crippen molar-refractivity contribution in [2.75, 3.05) is 0 Å². The zero-order chi connectivity index (χ0) is 7.56. The summed E-state index contributed by atoms with van der Waals surface area (Å²) < 4.78 is 0. The minimum absolute atomic E-state index is 0.296. The average Bonchev–Trinajstić information content (AvgIpc) is 2.36. The summed E-state index contributed by atoms with van der Waals surface area (Å²) in [5, 5.41) is 9.05. The van der Waals surface area contributed by atoms with Crippen molar-refractivity contribution in [2.24, 2.45) is 5.73 Å². The van der Waals surface area contributed by atoms with Gasteiger partial charge in [0.1, 0.15) is 0 Å². The first-order valence-corrected chi connectivity index (χ1v) is 3.28. The van der Waals surface area contributed by atoms with Gasteiger partial charge in [-0.05, 0) is 19.1 Å². The highest BCUT2D eigenvalue weighted by molar-refractivity contribution is 5.09. The second-order valence-electron chi connectivity index (χ2n) is 2.39. The molecule has 1 aromatic heterocycles. The zero-order valence-corrected chi connectivity index (χ0v) is 5.91. The lowest BCUT2D eigenvalue weighted by atomic mass is 10.1. The Morgan fingerprint density at radius 2 is 2.40 bits per heavy atom. The molecule has 1 rings (SSSR count). The lowest BCUT2D eigenvalue weighted by Gasteiger charge is -2.11. The lowest BCUT2D eigenvalue weighted by molar-refractivity contribution is 0.163. The Balaban J connectivity index is 2.68. The fourth-order valence-electron chi connectivity index (χ4n) is 0.811. The fourth-order valence-corrected chi connectivity index (χ4v) is 0.811. The standard InChI is InChI=1S/C7H12N2O/c1-5(10)7(8)6-3-2-4-9-6/h2-5,7,9-10H,8H2,1H3. The summed E-state index contributed by atoms with van der Waals surface area (Å²) in [4.78, 5) is 2.93. The van der Waals surface area contributed by atoms with E-state index in [1.54, 1.807) is 13.1 Å². The van der Waals surface area contributed by atoms with Gasteiger partial charge >= 0.3 is 0 Å². The van der Waals surface area contributed by atoms with E-state index < -0.39 is 6.10 Å². The number of rotatable bonds is 2. The van der Waals surface area contributed by atoms with E-state index in [2.05, 4.69) is 4.98 Å². The fraction of sp³-hybridized carbons (Fsp3) is 0.429. The quantitative estimate of drug-likeness (QED) is 0.556. The van der Waals surface area contributed by atoms with Gasteiger partial charge in [-0.2, -0.15) is 0 Å². The molecule has 0 saturated carbocycles. The van der Waals surface area contributed by atoms with E-state index in [-0.39, 0.29) is 6.04 Å². The van der Waals surface area contributed by atoms with Crippen molar-refractivity contribution in [1.82, 2.24) is 4.98 Å². The van der Waals surface area contributed by atoms with E-state index in [0.717, 1.165) is 5.69 Å². The van der Waals surface area contributed by atoms with Gasteiger partial charge in [-0.1, -0.05) is 0 Å². The van der Waals surface area contributed by atoms with Gasteiger partial charge in [-0.3, -0.25) is 0 Å². The van der Waals surface area contributed by atoms with Crippen molar-refractivity contribution in [3.05, 3.63) is 24.0 Å². The van der Waals surface area contributed by atoms with Gasteiger partial charge in [0.2, 0.25) is 0 Å². The minimum atomic E-state index is -0.501. The maximum Gasteiger partial charge on any atom is 0.0719 e. The molecule has 0 amide bonds. The monoisotopic (exact) mass is 140 g/mol. The molecule has 0 saturated heterocycles. The number of nitrogens with one attached hydrogen (secondary N) is 1. The Labute approximate surface area is 59.9 Å². The largest absolute Gasteiger partial charge is 0.391 e. The SMILES string of the molecule is CC(O)C(N)c1ccc[nH]1.